The quantitative estimate of drug-likeness (QED) is 0.620. The largest absolute Gasteiger partial charge is 0.478 e. The van der Waals surface area contributed by atoms with Gasteiger partial charge in [-0.2, -0.15) is 0 Å². The van der Waals surface area contributed by atoms with Crippen LogP contribution in [-0.2, 0) is 22.0 Å². The minimum absolute atomic E-state index is 0.164. The summed E-state index contributed by atoms with van der Waals surface area (Å²) in [5, 5.41) is 9.52. The van der Waals surface area contributed by atoms with Crippen molar-refractivity contribution >= 4 is 11.5 Å². The number of allylic oxidation sites excluding steroid dienone is 1. The van der Waals surface area contributed by atoms with Crippen LogP contribution in [0.15, 0.2) is 48.5 Å². The van der Waals surface area contributed by atoms with E-state index >= 15 is 0 Å². The molecule has 1 aliphatic carbocycles. The van der Waals surface area contributed by atoms with Gasteiger partial charge in [-0.25, -0.2) is 9.18 Å². The Morgan fingerprint density at radius 1 is 1.00 bits per heavy atom. The summed E-state index contributed by atoms with van der Waals surface area (Å²) >= 11 is 0. The molecule has 2 aromatic carbocycles. The van der Waals surface area contributed by atoms with Gasteiger partial charge < -0.3 is 5.11 Å². The Hall–Kier alpha value is -2.42. The number of hydrogen-bond acceptors (Lipinski definition) is 1. The van der Waals surface area contributed by atoms with E-state index in [0.29, 0.717) is 12.0 Å². The molecule has 0 fully saturated rings. The SMILES string of the molecule is CC1(C)CCC(C)(C)c2cc(CCC=C(C(=O)O)c3ccc(F)cc3)ccc21. The number of carboxylic acid groups (broad SMARTS) is 1. The molecular weight excluding hydrogens is 351 g/mol. The lowest BCUT2D eigenvalue weighted by atomic mass is 9.63. The fourth-order valence-corrected chi connectivity index (χ4v) is 4.13. The van der Waals surface area contributed by atoms with E-state index in [4.69, 9.17) is 0 Å². The molecule has 0 saturated carbocycles. The highest BCUT2D eigenvalue weighted by Gasteiger charge is 2.36. The highest BCUT2D eigenvalue weighted by Crippen LogP contribution is 2.45. The van der Waals surface area contributed by atoms with E-state index in [1.54, 1.807) is 6.08 Å². The Labute approximate surface area is 167 Å². The Morgan fingerprint density at radius 2 is 1.61 bits per heavy atom. The second-order valence-corrected chi connectivity index (χ2v) is 9.12. The first-order chi connectivity index (χ1) is 13.1. The zero-order valence-electron chi connectivity index (χ0n) is 17.2. The molecule has 1 N–H and O–H groups in total. The Kier molecular flexibility index (Phi) is 5.47. The van der Waals surface area contributed by atoms with E-state index in [-0.39, 0.29) is 22.2 Å². The highest BCUT2D eigenvalue weighted by molar-refractivity contribution is 6.15. The lowest BCUT2D eigenvalue weighted by Crippen LogP contribution is -2.33. The van der Waals surface area contributed by atoms with Gasteiger partial charge in [-0.3, -0.25) is 0 Å². The van der Waals surface area contributed by atoms with Crippen LogP contribution >= 0.6 is 0 Å². The zero-order valence-corrected chi connectivity index (χ0v) is 17.2. The van der Waals surface area contributed by atoms with E-state index in [9.17, 15) is 14.3 Å². The van der Waals surface area contributed by atoms with Gasteiger partial charge in [0.25, 0.3) is 0 Å². The number of rotatable bonds is 5. The van der Waals surface area contributed by atoms with Crippen LogP contribution in [0, 0.1) is 5.82 Å². The van der Waals surface area contributed by atoms with Gasteiger partial charge in [0.15, 0.2) is 0 Å². The Balaban J connectivity index is 1.82. The number of carbonyl (C=O) groups is 1. The van der Waals surface area contributed by atoms with Crippen LogP contribution in [0.1, 0.15) is 69.2 Å². The molecule has 2 aromatic rings. The van der Waals surface area contributed by atoms with Crippen molar-refractivity contribution in [1.82, 2.24) is 0 Å². The van der Waals surface area contributed by atoms with Crippen molar-refractivity contribution < 1.29 is 14.3 Å². The van der Waals surface area contributed by atoms with Gasteiger partial charge in [0.05, 0.1) is 5.57 Å². The first-order valence-electron chi connectivity index (χ1n) is 9.93. The van der Waals surface area contributed by atoms with Crippen molar-refractivity contribution in [2.24, 2.45) is 0 Å². The van der Waals surface area contributed by atoms with Crippen LogP contribution < -0.4 is 0 Å². The van der Waals surface area contributed by atoms with E-state index in [2.05, 4.69) is 45.9 Å². The molecule has 0 heterocycles. The lowest BCUT2D eigenvalue weighted by Gasteiger charge is -2.42. The topological polar surface area (TPSA) is 37.3 Å². The first-order valence-corrected chi connectivity index (χ1v) is 9.93. The molecular formula is C25H29FO2. The molecule has 3 rings (SSSR count). The number of aryl methyl sites for hydroxylation is 1. The molecule has 0 radical (unpaired) electrons. The predicted octanol–water partition coefficient (Wildman–Crippen LogP) is 6.28. The highest BCUT2D eigenvalue weighted by atomic mass is 19.1. The summed E-state index contributed by atoms with van der Waals surface area (Å²) in [5.41, 5.74) is 5.19. The van der Waals surface area contributed by atoms with Crippen LogP contribution in [0.2, 0.25) is 0 Å². The first kappa shape index (κ1) is 20.3. The van der Waals surface area contributed by atoms with Crippen molar-refractivity contribution in [2.45, 2.75) is 64.2 Å². The average Bonchev–Trinajstić information content (AvgIpc) is 2.63. The van der Waals surface area contributed by atoms with E-state index < -0.39 is 5.97 Å². The van der Waals surface area contributed by atoms with Crippen LogP contribution in [0.25, 0.3) is 5.57 Å². The number of carboxylic acids is 1. The summed E-state index contributed by atoms with van der Waals surface area (Å²) in [6.45, 7) is 9.24. The van der Waals surface area contributed by atoms with Gasteiger partial charge in [-0.15, -0.1) is 0 Å². The number of fused-ring (bicyclic) bond motifs is 1. The summed E-state index contributed by atoms with van der Waals surface area (Å²) in [6, 6.07) is 12.3. The van der Waals surface area contributed by atoms with Gasteiger partial charge in [-0.05, 0) is 70.9 Å². The summed E-state index contributed by atoms with van der Waals surface area (Å²) in [5.74, 6) is -1.35. The lowest BCUT2D eigenvalue weighted by molar-refractivity contribution is -0.130. The molecule has 0 bridgehead atoms. The van der Waals surface area contributed by atoms with Crippen molar-refractivity contribution in [1.29, 1.82) is 0 Å². The van der Waals surface area contributed by atoms with Gasteiger partial charge in [0.2, 0.25) is 0 Å². The number of aliphatic carboxylic acids is 1. The third-order valence-corrected chi connectivity index (χ3v) is 6.08. The molecule has 28 heavy (non-hydrogen) atoms. The Bertz CT molecular complexity index is 905. The van der Waals surface area contributed by atoms with Crippen molar-refractivity contribution in [2.75, 3.05) is 0 Å². The maximum Gasteiger partial charge on any atom is 0.335 e. The molecule has 3 heteroatoms. The maximum atomic E-state index is 13.1. The van der Waals surface area contributed by atoms with Gasteiger partial charge in [-0.1, -0.05) is 64.1 Å². The minimum Gasteiger partial charge on any atom is -0.478 e. The molecule has 0 amide bonds. The molecule has 2 nitrogen and oxygen atoms in total. The fourth-order valence-electron chi connectivity index (χ4n) is 4.13. The van der Waals surface area contributed by atoms with Gasteiger partial charge in [0, 0.05) is 0 Å². The number of hydrogen-bond donors (Lipinski definition) is 1. The van der Waals surface area contributed by atoms with Crippen LogP contribution in [0.3, 0.4) is 0 Å². The second kappa shape index (κ2) is 7.54. The normalized spacial score (nSPS) is 17.8. The molecule has 0 spiro atoms. The number of benzene rings is 2. The monoisotopic (exact) mass is 380 g/mol. The molecule has 0 saturated heterocycles. The fraction of sp³-hybridized carbons (Fsp3) is 0.400. The van der Waals surface area contributed by atoms with Crippen LogP contribution in [-0.4, -0.2) is 11.1 Å². The average molecular weight is 381 g/mol. The summed E-state index contributed by atoms with van der Waals surface area (Å²) < 4.78 is 13.1. The maximum absolute atomic E-state index is 13.1. The zero-order chi connectivity index (χ0) is 20.5. The molecule has 0 aliphatic heterocycles. The predicted molar refractivity (Wildman–Crippen MR) is 112 cm³/mol. The van der Waals surface area contributed by atoms with Crippen LogP contribution in [0.5, 0.6) is 0 Å². The second-order valence-electron chi connectivity index (χ2n) is 9.12. The minimum atomic E-state index is -0.986. The summed E-state index contributed by atoms with van der Waals surface area (Å²) in [4.78, 5) is 11.6. The van der Waals surface area contributed by atoms with Gasteiger partial charge in [0.1, 0.15) is 5.82 Å². The molecule has 1 aliphatic rings. The number of halogens is 1. The van der Waals surface area contributed by atoms with Crippen LogP contribution in [0.4, 0.5) is 4.39 Å². The van der Waals surface area contributed by atoms with E-state index in [1.807, 2.05) is 0 Å². The molecule has 0 atom stereocenters. The van der Waals surface area contributed by atoms with Crippen molar-refractivity contribution in [3.8, 4) is 0 Å². The van der Waals surface area contributed by atoms with Crippen molar-refractivity contribution in [3.63, 3.8) is 0 Å². The Morgan fingerprint density at radius 3 is 2.21 bits per heavy atom. The van der Waals surface area contributed by atoms with Gasteiger partial charge >= 0.3 is 5.97 Å². The van der Waals surface area contributed by atoms with Crippen molar-refractivity contribution in [3.05, 3.63) is 76.6 Å². The third-order valence-electron chi connectivity index (χ3n) is 6.08. The molecule has 0 aromatic heterocycles. The third kappa shape index (κ3) is 4.19. The summed E-state index contributed by atoms with van der Waals surface area (Å²) in [7, 11) is 0. The summed E-state index contributed by atoms with van der Waals surface area (Å²) in [6.07, 6.45) is 5.51. The van der Waals surface area contributed by atoms with E-state index in [1.165, 1.54) is 53.8 Å². The smallest absolute Gasteiger partial charge is 0.335 e. The standard InChI is InChI=1S/C25H29FO2/c1-24(2)14-15-25(3,4)22-16-17(8-13-21(22)24)6-5-7-20(23(27)28)18-9-11-19(26)12-10-18/h7-13,16H,5-6,14-15H2,1-4H3,(H,27,28). The molecule has 0 unspecified atom stereocenters. The van der Waals surface area contributed by atoms with E-state index in [0.717, 1.165) is 6.42 Å². The molecule has 148 valence electrons.